The molecule has 0 aromatic heterocycles. The summed E-state index contributed by atoms with van der Waals surface area (Å²) in [5.41, 5.74) is 8.22. The van der Waals surface area contributed by atoms with E-state index in [1.54, 1.807) is 0 Å². The van der Waals surface area contributed by atoms with Crippen LogP contribution in [0.2, 0.25) is 0 Å². The predicted octanol–water partition coefficient (Wildman–Crippen LogP) is 2.41. The van der Waals surface area contributed by atoms with Crippen LogP contribution in [0, 0.1) is 20.8 Å². The van der Waals surface area contributed by atoms with Crippen molar-refractivity contribution in [2.24, 2.45) is 5.84 Å². The van der Waals surface area contributed by atoms with Crippen LogP contribution in [0.15, 0.2) is 12.1 Å². The van der Waals surface area contributed by atoms with Crippen molar-refractivity contribution in [2.45, 2.75) is 46.6 Å². The predicted molar refractivity (Wildman–Crippen MR) is 76.6 cm³/mol. The molecule has 0 heterocycles. The molecule has 0 bridgehead atoms. The fourth-order valence-electron chi connectivity index (χ4n) is 2.31. The first-order valence-electron chi connectivity index (χ1n) is 6.69. The third-order valence-corrected chi connectivity index (χ3v) is 3.19. The lowest BCUT2D eigenvalue weighted by Gasteiger charge is -2.19. The normalized spacial score (nSPS) is 12.7. The Balaban J connectivity index is 2.69. The minimum atomic E-state index is 0.177. The summed E-state index contributed by atoms with van der Waals surface area (Å²) < 4.78 is 5.57. The molecule has 3 heteroatoms. The van der Waals surface area contributed by atoms with Crippen LogP contribution >= 0.6 is 0 Å². The van der Waals surface area contributed by atoms with E-state index in [1.165, 1.54) is 22.3 Å². The maximum absolute atomic E-state index is 5.60. The number of aryl methyl sites for hydroxylation is 3. The molecule has 1 aromatic carbocycles. The van der Waals surface area contributed by atoms with E-state index >= 15 is 0 Å². The van der Waals surface area contributed by atoms with Crippen LogP contribution < -0.4 is 11.3 Å². The second kappa shape index (κ2) is 7.52. The standard InChI is InChI=1S/C15H26N2O/c1-5-6-18-10-14(17-16)9-15-12(3)7-11(2)8-13(15)4/h7-8,14,17H,5-6,9-10,16H2,1-4H3. The Hall–Kier alpha value is -0.900. The van der Waals surface area contributed by atoms with E-state index in [0.29, 0.717) is 6.61 Å². The minimum absolute atomic E-state index is 0.177. The molecule has 1 aromatic rings. The van der Waals surface area contributed by atoms with Gasteiger partial charge in [-0.1, -0.05) is 24.6 Å². The first kappa shape index (κ1) is 15.2. The van der Waals surface area contributed by atoms with Gasteiger partial charge in [-0.25, -0.2) is 0 Å². The SMILES string of the molecule is CCCOCC(Cc1c(C)cc(C)cc1C)NN. The average molecular weight is 250 g/mol. The lowest BCUT2D eigenvalue weighted by molar-refractivity contribution is 0.112. The number of nitrogens with two attached hydrogens (primary N) is 1. The van der Waals surface area contributed by atoms with Crippen LogP contribution in [0.25, 0.3) is 0 Å². The average Bonchev–Trinajstić information content (AvgIpc) is 2.31. The van der Waals surface area contributed by atoms with Crippen LogP contribution in [0.5, 0.6) is 0 Å². The Kier molecular flexibility index (Phi) is 6.33. The van der Waals surface area contributed by atoms with Gasteiger partial charge in [-0.05, 0) is 50.3 Å². The zero-order chi connectivity index (χ0) is 13.5. The smallest absolute Gasteiger partial charge is 0.0636 e. The summed E-state index contributed by atoms with van der Waals surface area (Å²) in [5.74, 6) is 5.60. The van der Waals surface area contributed by atoms with Crippen LogP contribution in [0.1, 0.15) is 35.6 Å². The van der Waals surface area contributed by atoms with Crippen molar-refractivity contribution in [3.63, 3.8) is 0 Å². The first-order valence-corrected chi connectivity index (χ1v) is 6.69. The molecule has 3 nitrogen and oxygen atoms in total. The van der Waals surface area contributed by atoms with Crippen molar-refractivity contribution >= 4 is 0 Å². The summed E-state index contributed by atoms with van der Waals surface area (Å²) in [5, 5.41) is 0. The highest BCUT2D eigenvalue weighted by Gasteiger charge is 2.12. The Morgan fingerprint density at radius 2 is 1.83 bits per heavy atom. The van der Waals surface area contributed by atoms with Crippen molar-refractivity contribution in [1.82, 2.24) is 5.43 Å². The number of benzene rings is 1. The van der Waals surface area contributed by atoms with E-state index in [4.69, 9.17) is 10.6 Å². The molecule has 0 saturated heterocycles. The van der Waals surface area contributed by atoms with Crippen LogP contribution in [0.3, 0.4) is 0 Å². The molecule has 1 unspecified atom stereocenters. The molecule has 0 aliphatic heterocycles. The molecular formula is C15H26N2O. The molecule has 0 aliphatic carbocycles. The van der Waals surface area contributed by atoms with Crippen molar-refractivity contribution in [2.75, 3.05) is 13.2 Å². The zero-order valence-electron chi connectivity index (χ0n) is 12.0. The molecule has 0 spiro atoms. The first-order chi connectivity index (χ1) is 8.58. The lowest BCUT2D eigenvalue weighted by atomic mass is 9.95. The number of hydrazine groups is 1. The van der Waals surface area contributed by atoms with Gasteiger partial charge in [0.2, 0.25) is 0 Å². The topological polar surface area (TPSA) is 47.3 Å². The van der Waals surface area contributed by atoms with Gasteiger partial charge < -0.3 is 4.74 Å². The molecule has 0 amide bonds. The van der Waals surface area contributed by atoms with Crippen molar-refractivity contribution < 1.29 is 4.74 Å². The summed E-state index contributed by atoms with van der Waals surface area (Å²) in [7, 11) is 0. The highest BCUT2D eigenvalue weighted by atomic mass is 16.5. The summed E-state index contributed by atoms with van der Waals surface area (Å²) in [6, 6.07) is 4.63. The molecule has 3 N–H and O–H groups in total. The Morgan fingerprint density at radius 3 is 2.33 bits per heavy atom. The summed E-state index contributed by atoms with van der Waals surface area (Å²) in [6.45, 7) is 10.0. The molecule has 1 atom stereocenters. The molecule has 0 fully saturated rings. The maximum Gasteiger partial charge on any atom is 0.0636 e. The van der Waals surface area contributed by atoms with Crippen LogP contribution in [0.4, 0.5) is 0 Å². The molecule has 1 rings (SSSR count). The van der Waals surface area contributed by atoms with E-state index in [2.05, 4.69) is 45.3 Å². The highest BCUT2D eigenvalue weighted by molar-refractivity contribution is 5.38. The van der Waals surface area contributed by atoms with E-state index in [-0.39, 0.29) is 6.04 Å². The number of hydrogen-bond acceptors (Lipinski definition) is 3. The number of nitrogens with one attached hydrogen (secondary N) is 1. The number of rotatable bonds is 7. The Labute approximate surface area is 111 Å². The third kappa shape index (κ3) is 4.41. The van der Waals surface area contributed by atoms with Crippen LogP contribution in [-0.2, 0) is 11.2 Å². The van der Waals surface area contributed by atoms with Gasteiger partial charge in [-0.2, -0.15) is 0 Å². The van der Waals surface area contributed by atoms with Gasteiger partial charge in [0, 0.05) is 12.6 Å². The van der Waals surface area contributed by atoms with E-state index in [1.807, 2.05) is 0 Å². The fraction of sp³-hybridized carbons (Fsp3) is 0.600. The zero-order valence-corrected chi connectivity index (χ0v) is 12.0. The molecule has 102 valence electrons. The maximum atomic E-state index is 5.60. The Bertz CT molecular complexity index is 354. The number of hydrogen-bond donors (Lipinski definition) is 2. The Morgan fingerprint density at radius 1 is 1.22 bits per heavy atom. The van der Waals surface area contributed by atoms with E-state index < -0.39 is 0 Å². The van der Waals surface area contributed by atoms with E-state index in [9.17, 15) is 0 Å². The molecule has 0 saturated carbocycles. The van der Waals surface area contributed by atoms with Crippen molar-refractivity contribution in [1.29, 1.82) is 0 Å². The molecule has 0 aliphatic rings. The summed E-state index contributed by atoms with van der Waals surface area (Å²) in [6.07, 6.45) is 1.96. The van der Waals surface area contributed by atoms with E-state index in [0.717, 1.165) is 19.4 Å². The third-order valence-electron chi connectivity index (χ3n) is 3.19. The monoisotopic (exact) mass is 250 g/mol. The molecular weight excluding hydrogens is 224 g/mol. The highest BCUT2D eigenvalue weighted by Crippen LogP contribution is 2.18. The van der Waals surface area contributed by atoms with Crippen molar-refractivity contribution in [3.8, 4) is 0 Å². The van der Waals surface area contributed by atoms with Gasteiger partial charge in [-0.15, -0.1) is 0 Å². The van der Waals surface area contributed by atoms with Crippen molar-refractivity contribution in [3.05, 3.63) is 34.4 Å². The molecule has 0 radical (unpaired) electrons. The quantitative estimate of drug-likeness (QED) is 0.444. The largest absolute Gasteiger partial charge is 0.380 e. The summed E-state index contributed by atoms with van der Waals surface area (Å²) in [4.78, 5) is 0. The van der Waals surface area contributed by atoms with Gasteiger partial charge >= 0.3 is 0 Å². The van der Waals surface area contributed by atoms with Gasteiger partial charge in [0.1, 0.15) is 0 Å². The van der Waals surface area contributed by atoms with Crippen LogP contribution in [-0.4, -0.2) is 19.3 Å². The number of ether oxygens (including phenoxy) is 1. The second-order valence-corrected chi connectivity index (χ2v) is 5.02. The fourth-order valence-corrected chi connectivity index (χ4v) is 2.31. The van der Waals surface area contributed by atoms with Gasteiger partial charge in [0.05, 0.1) is 6.61 Å². The van der Waals surface area contributed by atoms with Gasteiger partial charge in [0.25, 0.3) is 0 Å². The second-order valence-electron chi connectivity index (χ2n) is 5.02. The minimum Gasteiger partial charge on any atom is -0.380 e. The molecule has 18 heavy (non-hydrogen) atoms. The van der Waals surface area contributed by atoms with Gasteiger partial charge in [-0.3, -0.25) is 11.3 Å². The summed E-state index contributed by atoms with van der Waals surface area (Å²) >= 11 is 0. The lowest BCUT2D eigenvalue weighted by Crippen LogP contribution is -2.40. The van der Waals surface area contributed by atoms with Gasteiger partial charge in [0.15, 0.2) is 0 Å².